The fraction of sp³-hybridized carbons (Fsp3) is 0.588. The number of sulfonamides is 1. The van der Waals surface area contributed by atoms with Crippen LogP contribution in [0.3, 0.4) is 0 Å². The highest BCUT2D eigenvalue weighted by Gasteiger charge is 2.49. The Morgan fingerprint density at radius 1 is 1.17 bits per heavy atom. The number of benzene rings is 1. The quantitative estimate of drug-likeness (QED) is 0.651. The standard InChI is InChI=1S/C17H19F5N2O5S/c1-11-6-7-24(30(11,26)27)12-8-16(18,19)10-23(9-12)15(25)28-13-2-4-14(5-3-13)29-17(20,21)22/h2-5,11-12H,6-10H2,1H3/t11?,12-/m1/s1. The van der Waals surface area contributed by atoms with Gasteiger partial charge in [0.2, 0.25) is 10.0 Å². The number of nitrogens with zero attached hydrogens (tertiary/aromatic N) is 2. The second kappa shape index (κ2) is 7.84. The third-order valence-corrected chi connectivity index (χ3v) is 7.29. The van der Waals surface area contributed by atoms with E-state index in [-0.39, 0.29) is 18.8 Å². The summed E-state index contributed by atoms with van der Waals surface area (Å²) in [5.74, 6) is -4.05. The predicted molar refractivity (Wildman–Crippen MR) is 93.8 cm³/mol. The van der Waals surface area contributed by atoms with Gasteiger partial charge in [-0.15, -0.1) is 13.2 Å². The summed E-state index contributed by atoms with van der Waals surface area (Å²) in [5.41, 5.74) is 0. The van der Waals surface area contributed by atoms with Crippen LogP contribution in [0.1, 0.15) is 19.8 Å². The van der Waals surface area contributed by atoms with Gasteiger partial charge in [-0.2, -0.15) is 4.31 Å². The number of halogens is 5. The van der Waals surface area contributed by atoms with Crippen LogP contribution in [-0.2, 0) is 10.0 Å². The Labute approximate surface area is 169 Å². The molecule has 1 aromatic rings. The maximum atomic E-state index is 14.2. The third kappa shape index (κ3) is 5.12. The van der Waals surface area contributed by atoms with E-state index in [1.807, 2.05) is 0 Å². The van der Waals surface area contributed by atoms with E-state index < -0.39 is 58.4 Å². The van der Waals surface area contributed by atoms with Gasteiger partial charge >= 0.3 is 12.5 Å². The summed E-state index contributed by atoms with van der Waals surface area (Å²) < 4.78 is 99.4. The van der Waals surface area contributed by atoms with Crippen molar-refractivity contribution in [3.05, 3.63) is 24.3 Å². The summed E-state index contributed by atoms with van der Waals surface area (Å²) in [6, 6.07) is 2.75. The van der Waals surface area contributed by atoms with Crippen LogP contribution in [-0.4, -0.2) is 66.9 Å². The Morgan fingerprint density at radius 2 is 1.77 bits per heavy atom. The molecule has 1 unspecified atom stereocenters. The van der Waals surface area contributed by atoms with Gasteiger partial charge in [-0.3, -0.25) is 0 Å². The molecule has 1 amide bonds. The Balaban J connectivity index is 1.69. The lowest BCUT2D eigenvalue weighted by atomic mass is 10.0. The van der Waals surface area contributed by atoms with Crippen LogP contribution in [0.4, 0.5) is 26.7 Å². The van der Waals surface area contributed by atoms with Crippen LogP contribution in [0.25, 0.3) is 0 Å². The molecule has 1 aromatic carbocycles. The molecule has 7 nitrogen and oxygen atoms in total. The molecule has 0 N–H and O–H groups in total. The molecule has 2 saturated heterocycles. The average Bonchev–Trinajstić information content (AvgIpc) is 2.87. The van der Waals surface area contributed by atoms with E-state index in [2.05, 4.69) is 4.74 Å². The van der Waals surface area contributed by atoms with Crippen LogP contribution < -0.4 is 9.47 Å². The van der Waals surface area contributed by atoms with Crippen LogP contribution in [0.15, 0.2) is 24.3 Å². The minimum absolute atomic E-state index is 0.0911. The second-order valence-electron chi connectivity index (χ2n) is 7.24. The molecular weight excluding hydrogens is 439 g/mol. The smallest absolute Gasteiger partial charge is 0.410 e. The predicted octanol–water partition coefficient (Wildman–Crippen LogP) is 3.22. The lowest BCUT2D eigenvalue weighted by Crippen LogP contribution is -2.57. The van der Waals surface area contributed by atoms with Crippen molar-refractivity contribution in [3.63, 3.8) is 0 Å². The van der Waals surface area contributed by atoms with Gasteiger partial charge in [0, 0.05) is 25.6 Å². The summed E-state index contributed by atoms with van der Waals surface area (Å²) in [5, 5.41) is -0.689. The van der Waals surface area contributed by atoms with Crippen molar-refractivity contribution in [1.29, 1.82) is 0 Å². The van der Waals surface area contributed by atoms with Gasteiger partial charge in [0.15, 0.2) is 0 Å². The maximum absolute atomic E-state index is 14.2. The van der Waals surface area contributed by atoms with E-state index in [4.69, 9.17) is 4.74 Å². The highest BCUT2D eigenvalue weighted by Crippen LogP contribution is 2.34. The molecular formula is C17H19F5N2O5S. The highest BCUT2D eigenvalue weighted by molar-refractivity contribution is 7.90. The number of carbonyl (C=O) groups is 1. The zero-order valence-electron chi connectivity index (χ0n) is 15.7. The number of piperidine rings is 1. The van der Waals surface area contributed by atoms with E-state index in [1.165, 1.54) is 6.92 Å². The van der Waals surface area contributed by atoms with E-state index in [0.29, 0.717) is 11.3 Å². The molecule has 2 aliphatic heterocycles. The molecule has 30 heavy (non-hydrogen) atoms. The number of ether oxygens (including phenoxy) is 2. The second-order valence-corrected chi connectivity index (χ2v) is 9.54. The van der Waals surface area contributed by atoms with Crippen molar-refractivity contribution >= 4 is 16.1 Å². The topological polar surface area (TPSA) is 76.2 Å². The Morgan fingerprint density at radius 3 is 2.30 bits per heavy atom. The monoisotopic (exact) mass is 458 g/mol. The van der Waals surface area contributed by atoms with Crippen molar-refractivity contribution in [2.24, 2.45) is 0 Å². The molecule has 2 fully saturated rings. The molecule has 2 atom stereocenters. The molecule has 3 rings (SSSR count). The highest BCUT2D eigenvalue weighted by atomic mass is 32.2. The van der Waals surface area contributed by atoms with Crippen molar-refractivity contribution in [2.45, 2.75) is 43.3 Å². The number of rotatable bonds is 3. The molecule has 0 bridgehead atoms. The summed E-state index contributed by atoms with van der Waals surface area (Å²) in [4.78, 5) is 13.0. The zero-order chi connectivity index (χ0) is 22.3. The summed E-state index contributed by atoms with van der Waals surface area (Å²) in [7, 11) is -3.73. The molecule has 0 radical (unpaired) electrons. The molecule has 0 spiro atoms. The Kier molecular flexibility index (Phi) is 5.89. The third-order valence-electron chi connectivity index (χ3n) is 4.91. The molecule has 2 aliphatic rings. The molecule has 0 saturated carbocycles. The lowest BCUT2D eigenvalue weighted by Gasteiger charge is -2.40. The first-order valence-corrected chi connectivity index (χ1v) is 10.5. The minimum Gasteiger partial charge on any atom is -0.410 e. The van der Waals surface area contributed by atoms with Gasteiger partial charge in [-0.05, 0) is 37.6 Å². The Bertz CT molecular complexity index is 891. The number of likely N-dealkylation sites (tertiary alicyclic amines) is 1. The maximum Gasteiger partial charge on any atom is 0.573 e. The van der Waals surface area contributed by atoms with Crippen molar-refractivity contribution < 1.29 is 44.6 Å². The number of hydrogen-bond acceptors (Lipinski definition) is 5. The number of carbonyl (C=O) groups excluding carboxylic acids is 1. The zero-order valence-corrected chi connectivity index (χ0v) is 16.5. The Hall–Kier alpha value is -2.15. The van der Waals surface area contributed by atoms with Gasteiger partial charge in [0.1, 0.15) is 11.5 Å². The van der Waals surface area contributed by atoms with Crippen LogP contribution in [0.2, 0.25) is 0 Å². The SMILES string of the molecule is CC1CCN([C@H]2CN(C(=O)Oc3ccc(OC(F)(F)F)cc3)CC(F)(F)C2)S1(=O)=O. The van der Waals surface area contributed by atoms with Gasteiger partial charge in [0.25, 0.3) is 5.92 Å². The first-order valence-electron chi connectivity index (χ1n) is 8.98. The normalized spacial score (nSPS) is 26.4. The molecule has 0 aliphatic carbocycles. The minimum atomic E-state index is -4.89. The first-order chi connectivity index (χ1) is 13.8. The van der Waals surface area contributed by atoms with Crippen LogP contribution in [0.5, 0.6) is 11.5 Å². The largest absolute Gasteiger partial charge is 0.573 e. The van der Waals surface area contributed by atoms with Gasteiger partial charge < -0.3 is 14.4 Å². The molecule has 13 heteroatoms. The average molecular weight is 458 g/mol. The fourth-order valence-corrected chi connectivity index (χ4v) is 5.27. The first kappa shape index (κ1) is 22.5. The number of hydrogen-bond donors (Lipinski definition) is 0. The lowest BCUT2D eigenvalue weighted by molar-refractivity contribution is -0.274. The van der Waals surface area contributed by atoms with Crippen molar-refractivity contribution in [2.75, 3.05) is 19.6 Å². The number of amides is 1. The molecule has 2 heterocycles. The fourth-order valence-electron chi connectivity index (χ4n) is 3.49. The summed E-state index contributed by atoms with van der Waals surface area (Å²) in [6.07, 6.45) is -6.46. The van der Waals surface area contributed by atoms with E-state index >= 15 is 0 Å². The molecule has 168 valence electrons. The van der Waals surface area contributed by atoms with E-state index in [0.717, 1.165) is 28.6 Å². The van der Waals surface area contributed by atoms with Gasteiger partial charge in [0.05, 0.1) is 11.8 Å². The van der Waals surface area contributed by atoms with Crippen molar-refractivity contribution in [3.8, 4) is 11.5 Å². The van der Waals surface area contributed by atoms with Crippen LogP contribution in [0, 0.1) is 0 Å². The van der Waals surface area contributed by atoms with E-state index in [9.17, 15) is 35.2 Å². The number of alkyl halides is 5. The van der Waals surface area contributed by atoms with Crippen molar-refractivity contribution in [1.82, 2.24) is 9.21 Å². The van der Waals surface area contributed by atoms with E-state index in [1.54, 1.807) is 0 Å². The van der Waals surface area contributed by atoms with Gasteiger partial charge in [-0.25, -0.2) is 22.0 Å². The summed E-state index contributed by atoms with van der Waals surface area (Å²) in [6.45, 7) is 0.346. The van der Waals surface area contributed by atoms with Crippen LogP contribution >= 0.6 is 0 Å². The summed E-state index contributed by atoms with van der Waals surface area (Å²) >= 11 is 0. The molecule has 0 aromatic heterocycles. The van der Waals surface area contributed by atoms with Gasteiger partial charge in [-0.1, -0.05) is 0 Å².